The third-order valence-electron chi connectivity index (χ3n) is 3.70. The van der Waals surface area contributed by atoms with Crippen molar-refractivity contribution >= 4 is 11.0 Å². The summed E-state index contributed by atoms with van der Waals surface area (Å²) in [4.78, 5) is 0. The van der Waals surface area contributed by atoms with Crippen LogP contribution < -0.4 is 5.32 Å². The SMILES string of the molecule is CNC(c1ccccc1F)c1oc2ccc(F)cc2c1C. The molecule has 1 N–H and O–H groups in total. The Balaban J connectivity index is 2.18. The standard InChI is InChI=1S/C17H15F2NO/c1-10-13-9-11(18)7-8-15(13)21-17(10)16(20-2)12-5-3-4-6-14(12)19/h3-9,16,20H,1-2H3. The first-order valence-electron chi connectivity index (χ1n) is 6.72. The van der Waals surface area contributed by atoms with Crippen LogP contribution in [0.25, 0.3) is 11.0 Å². The van der Waals surface area contributed by atoms with Crippen LogP contribution in [0.4, 0.5) is 8.78 Å². The fraction of sp³-hybridized carbons (Fsp3) is 0.176. The maximum atomic E-state index is 14.0. The zero-order chi connectivity index (χ0) is 15.0. The lowest BCUT2D eigenvalue weighted by Gasteiger charge is -2.15. The average molecular weight is 287 g/mol. The van der Waals surface area contributed by atoms with Crippen molar-refractivity contribution in [2.75, 3.05) is 7.05 Å². The van der Waals surface area contributed by atoms with Crippen LogP contribution in [0.5, 0.6) is 0 Å². The summed E-state index contributed by atoms with van der Waals surface area (Å²) in [5.41, 5.74) is 1.91. The summed E-state index contributed by atoms with van der Waals surface area (Å²) in [6.45, 7) is 1.85. The maximum absolute atomic E-state index is 14.0. The van der Waals surface area contributed by atoms with Gasteiger partial charge in [-0.05, 0) is 38.2 Å². The minimum absolute atomic E-state index is 0.303. The van der Waals surface area contributed by atoms with E-state index < -0.39 is 6.04 Å². The molecule has 0 radical (unpaired) electrons. The molecule has 0 saturated carbocycles. The summed E-state index contributed by atoms with van der Waals surface area (Å²) in [5.74, 6) is -0.0177. The number of nitrogens with one attached hydrogen (secondary N) is 1. The minimum atomic E-state index is -0.415. The average Bonchev–Trinajstić information content (AvgIpc) is 2.79. The summed E-state index contributed by atoms with van der Waals surface area (Å²) in [5, 5.41) is 3.77. The number of hydrogen-bond donors (Lipinski definition) is 1. The molecule has 1 unspecified atom stereocenters. The van der Waals surface area contributed by atoms with Crippen LogP contribution in [-0.4, -0.2) is 7.05 Å². The Morgan fingerprint density at radius 2 is 1.86 bits per heavy atom. The van der Waals surface area contributed by atoms with Gasteiger partial charge in [-0.2, -0.15) is 0 Å². The number of benzene rings is 2. The Kier molecular flexibility index (Phi) is 3.47. The highest BCUT2D eigenvalue weighted by atomic mass is 19.1. The van der Waals surface area contributed by atoms with Crippen molar-refractivity contribution in [1.29, 1.82) is 0 Å². The van der Waals surface area contributed by atoms with Crippen LogP contribution >= 0.6 is 0 Å². The van der Waals surface area contributed by atoms with Gasteiger partial charge in [0, 0.05) is 16.5 Å². The predicted molar refractivity (Wildman–Crippen MR) is 78.2 cm³/mol. The van der Waals surface area contributed by atoms with Crippen molar-refractivity contribution in [3.63, 3.8) is 0 Å². The van der Waals surface area contributed by atoms with E-state index in [0.717, 1.165) is 5.56 Å². The monoisotopic (exact) mass is 287 g/mol. The molecule has 0 aliphatic heterocycles. The van der Waals surface area contributed by atoms with Gasteiger partial charge in [-0.1, -0.05) is 18.2 Å². The Morgan fingerprint density at radius 1 is 1.10 bits per heavy atom. The van der Waals surface area contributed by atoms with Crippen LogP contribution in [0, 0.1) is 18.6 Å². The molecule has 1 aromatic heterocycles. The van der Waals surface area contributed by atoms with Crippen molar-refractivity contribution in [2.45, 2.75) is 13.0 Å². The third-order valence-corrected chi connectivity index (χ3v) is 3.70. The highest BCUT2D eigenvalue weighted by Gasteiger charge is 2.23. The van der Waals surface area contributed by atoms with E-state index in [1.54, 1.807) is 31.3 Å². The topological polar surface area (TPSA) is 25.2 Å². The van der Waals surface area contributed by atoms with E-state index in [1.807, 2.05) is 6.92 Å². The van der Waals surface area contributed by atoms with E-state index in [4.69, 9.17) is 4.42 Å². The van der Waals surface area contributed by atoms with Gasteiger partial charge in [0.05, 0.1) is 6.04 Å². The lowest BCUT2D eigenvalue weighted by molar-refractivity contribution is 0.473. The molecule has 3 rings (SSSR count). The smallest absolute Gasteiger partial charge is 0.134 e. The summed E-state index contributed by atoms with van der Waals surface area (Å²) < 4.78 is 33.2. The van der Waals surface area contributed by atoms with E-state index in [1.165, 1.54) is 18.2 Å². The molecule has 21 heavy (non-hydrogen) atoms. The molecule has 108 valence electrons. The van der Waals surface area contributed by atoms with Gasteiger partial charge in [0.2, 0.25) is 0 Å². The molecule has 0 aliphatic carbocycles. The second-order valence-electron chi connectivity index (χ2n) is 4.97. The van der Waals surface area contributed by atoms with E-state index in [2.05, 4.69) is 5.32 Å². The van der Waals surface area contributed by atoms with Gasteiger partial charge in [0.15, 0.2) is 0 Å². The molecule has 2 nitrogen and oxygen atoms in total. The number of fused-ring (bicyclic) bond motifs is 1. The van der Waals surface area contributed by atoms with Gasteiger partial charge in [0.1, 0.15) is 23.0 Å². The van der Waals surface area contributed by atoms with Crippen LogP contribution in [0.1, 0.15) is 22.9 Å². The molecular formula is C17H15F2NO. The van der Waals surface area contributed by atoms with Crippen molar-refractivity contribution in [3.8, 4) is 0 Å². The van der Waals surface area contributed by atoms with Gasteiger partial charge in [-0.25, -0.2) is 8.78 Å². The largest absolute Gasteiger partial charge is 0.459 e. The van der Waals surface area contributed by atoms with Crippen molar-refractivity contribution in [1.82, 2.24) is 5.32 Å². The van der Waals surface area contributed by atoms with Crippen LogP contribution in [0.3, 0.4) is 0 Å². The fourth-order valence-electron chi connectivity index (χ4n) is 2.62. The quantitative estimate of drug-likeness (QED) is 0.775. The maximum Gasteiger partial charge on any atom is 0.134 e. The van der Waals surface area contributed by atoms with Crippen LogP contribution in [0.2, 0.25) is 0 Å². The van der Waals surface area contributed by atoms with Crippen molar-refractivity contribution in [2.24, 2.45) is 0 Å². The van der Waals surface area contributed by atoms with Gasteiger partial charge in [-0.15, -0.1) is 0 Å². The molecule has 0 bridgehead atoms. The Morgan fingerprint density at radius 3 is 2.57 bits per heavy atom. The minimum Gasteiger partial charge on any atom is -0.459 e. The lowest BCUT2D eigenvalue weighted by Crippen LogP contribution is -2.19. The first kappa shape index (κ1) is 13.8. The van der Waals surface area contributed by atoms with E-state index in [9.17, 15) is 8.78 Å². The summed E-state index contributed by atoms with van der Waals surface area (Å²) >= 11 is 0. The van der Waals surface area contributed by atoms with E-state index in [0.29, 0.717) is 22.3 Å². The van der Waals surface area contributed by atoms with Crippen molar-refractivity contribution < 1.29 is 13.2 Å². The second-order valence-corrected chi connectivity index (χ2v) is 4.97. The highest BCUT2D eigenvalue weighted by molar-refractivity contribution is 5.82. The van der Waals surface area contributed by atoms with Crippen LogP contribution in [-0.2, 0) is 0 Å². The lowest BCUT2D eigenvalue weighted by atomic mass is 10.0. The molecule has 0 saturated heterocycles. The highest BCUT2D eigenvalue weighted by Crippen LogP contribution is 2.33. The van der Waals surface area contributed by atoms with Gasteiger partial charge >= 0.3 is 0 Å². The van der Waals surface area contributed by atoms with E-state index in [-0.39, 0.29) is 11.6 Å². The molecule has 2 aromatic carbocycles. The summed E-state index contributed by atoms with van der Waals surface area (Å²) in [7, 11) is 1.74. The Labute approximate surface area is 121 Å². The van der Waals surface area contributed by atoms with Gasteiger partial charge in [0.25, 0.3) is 0 Å². The summed E-state index contributed by atoms with van der Waals surface area (Å²) in [6, 6.07) is 10.5. The molecular weight excluding hydrogens is 272 g/mol. The number of rotatable bonds is 3. The molecule has 0 amide bonds. The zero-order valence-corrected chi connectivity index (χ0v) is 11.8. The van der Waals surface area contributed by atoms with Crippen molar-refractivity contribution in [3.05, 3.63) is 71.0 Å². The molecule has 3 aromatic rings. The number of halogens is 2. The third kappa shape index (κ3) is 2.32. The molecule has 1 heterocycles. The molecule has 4 heteroatoms. The molecule has 0 spiro atoms. The normalized spacial score (nSPS) is 12.8. The second kappa shape index (κ2) is 5.30. The first-order chi connectivity index (χ1) is 10.1. The number of furan rings is 1. The first-order valence-corrected chi connectivity index (χ1v) is 6.72. The number of aryl methyl sites for hydroxylation is 1. The Hall–Kier alpha value is -2.20. The van der Waals surface area contributed by atoms with Gasteiger partial charge in [-0.3, -0.25) is 0 Å². The zero-order valence-electron chi connectivity index (χ0n) is 11.8. The predicted octanol–water partition coefficient (Wildman–Crippen LogP) is 4.33. The fourth-order valence-corrected chi connectivity index (χ4v) is 2.62. The van der Waals surface area contributed by atoms with Gasteiger partial charge < -0.3 is 9.73 Å². The van der Waals surface area contributed by atoms with E-state index >= 15 is 0 Å². The molecule has 0 aliphatic rings. The summed E-state index contributed by atoms with van der Waals surface area (Å²) in [6.07, 6.45) is 0. The van der Waals surface area contributed by atoms with Crippen LogP contribution in [0.15, 0.2) is 46.9 Å². The number of hydrogen-bond acceptors (Lipinski definition) is 2. The Bertz CT molecular complexity index is 795. The molecule has 1 atom stereocenters. The molecule has 0 fully saturated rings.